The second-order valence-corrected chi connectivity index (χ2v) is 3.52. The summed E-state index contributed by atoms with van der Waals surface area (Å²) in [6.45, 7) is 0.0841. The molecule has 2 aromatic rings. The van der Waals surface area contributed by atoms with Crippen molar-refractivity contribution >= 4 is 11.3 Å². The molecule has 0 aliphatic heterocycles. The highest BCUT2D eigenvalue weighted by atomic mass is 32.1. The molecule has 1 aromatic heterocycles. The van der Waals surface area contributed by atoms with Gasteiger partial charge >= 0.3 is 0 Å². The smallest absolute Gasteiger partial charge is 0.299 e. The molecule has 2 N–H and O–H groups in total. The molecule has 0 radical (unpaired) electrons. The van der Waals surface area contributed by atoms with Crippen molar-refractivity contribution in [3.8, 4) is 10.9 Å². The minimum Gasteiger partial charge on any atom is -0.429 e. The fourth-order valence-corrected chi connectivity index (χ4v) is 1.55. The number of hydrogen-bond donors (Lipinski definition) is 1. The Kier molecular flexibility index (Phi) is 2.89. The largest absolute Gasteiger partial charge is 0.429 e. The maximum Gasteiger partial charge on any atom is 0.299 e. The van der Waals surface area contributed by atoms with Crippen molar-refractivity contribution in [3.63, 3.8) is 0 Å². The summed E-state index contributed by atoms with van der Waals surface area (Å²) >= 11 is 1.24. The summed E-state index contributed by atoms with van der Waals surface area (Å²) in [6, 6.07) is 4.55. The molecular formula is C9H8FN3OS. The predicted molar refractivity (Wildman–Crippen MR) is 54.3 cm³/mol. The highest BCUT2D eigenvalue weighted by Gasteiger charge is 2.09. The first-order chi connectivity index (χ1) is 7.31. The van der Waals surface area contributed by atoms with Crippen molar-refractivity contribution in [2.24, 2.45) is 5.73 Å². The van der Waals surface area contributed by atoms with Gasteiger partial charge < -0.3 is 10.5 Å². The molecular weight excluding hydrogens is 217 g/mol. The van der Waals surface area contributed by atoms with E-state index < -0.39 is 0 Å². The number of rotatable bonds is 3. The molecule has 1 aromatic carbocycles. The Labute approximate surface area is 89.5 Å². The first kappa shape index (κ1) is 10.0. The van der Waals surface area contributed by atoms with E-state index in [1.165, 1.54) is 22.9 Å². The normalized spacial score (nSPS) is 10.3. The van der Waals surface area contributed by atoms with Crippen molar-refractivity contribution < 1.29 is 9.13 Å². The van der Waals surface area contributed by atoms with Gasteiger partial charge in [-0.2, -0.15) is 0 Å². The molecule has 0 aliphatic carbocycles. The zero-order valence-electron chi connectivity index (χ0n) is 7.68. The van der Waals surface area contributed by atoms with Gasteiger partial charge in [-0.3, -0.25) is 0 Å². The molecule has 0 aliphatic rings. The van der Waals surface area contributed by atoms with E-state index in [0.29, 0.717) is 16.5 Å². The van der Waals surface area contributed by atoms with Crippen LogP contribution >= 0.6 is 11.3 Å². The number of hydrogen-bond acceptors (Lipinski definition) is 5. The molecule has 0 atom stereocenters. The van der Waals surface area contributed by atoms with Crippen LogP contribution in [0.4, 0.5) is 4.39 Å². The van der Waals surface area contributed by atoms with Crippen molar-refractivity contribution in [1.82, 2.24) is 10.2 Å². The van der Waals surface area contributed by atoms with Gasteiger partial charge in [0.1, 0.15) is 17.1 Å². The average molecular weight is 225 g/mol. The number of nitrogens with zero attached hydrogens (tertiary/aromatic N) is 2. The Morgan fingerprint density at radius 2 is 2.33 bits per heavy atom. The van der Waals surface area contributed by atoms with Crippen LogP contribution in [0.2, 0.25) is 0 Å². The van der Waals surface area contributed by atoms with E-state index >= 15 is 0 Å². The Balaban J connectivity index is 2.32. The molecule has 4 nitrogen and oxygen atoms in total. The van der Waals surface area contributed by atoms with E-state index in [4.69, 9.17) is 10.5 Å². The topological polar surface area (TPSA) is 61.0 Å². The Morgan fingerprint density at radius 3 is 3.00 bits per heavy atom. The summed E-state index contributed by atoms with van der Waals surface area (Å²) in [6.07, 6.45) is 0. The number of benzene rings is 1. The molecule has 78 valence electrons. The average Bonchev–Trinajstić information content (AvgIpc) is 2.71. The van der Waals surface area contributed by atoms with Gasteiger partial charge in [-0.25, -0.2) is 4.39 Å². The molecule has 0 amide bonds. The van der Waals surface area contributed by atoms with Crippen LogP contribution in [0.15, 0.2) is 23.7 Å². The summed E-state index contributed by atoms with van der Waals surface area (Å²) in [5, 5.41) is 7.69. The second-order valence-electron chi connectivity index (χ2n) is 2.73. The molecule has 0 bridgehead atoms. The van der Waals surface area contributed by atoms with E-state index in [1.807, 2.05) is 0 Å². The molecule has 2 rings (SSSR count). The third-order valence-electron chi connectivity index (χ3n) is 1.82. The zero-order chi connectivity index (χ0) is 10.7. The number of halogens is 1. The summed E-state index contributed by atoms with van der Waals surface area (Å²) < 4.78 is 18.6. The molecule has 0 fully saturated rings. The lowest BCUT2D eigenvalue weighted by Crippen LogP contribution is -2.02. The number of nitrogens with two attached hydrogens (primary N) is 1. The molecule has 1 heterocycles. The van der Waals surface area contributed by atoms with Crippen molar-refractivity contribution in [2.75, 3.05) is 0 Å². The van der Waals surface area contributed by atoms with Crippen LogP contribution in [-0.2, 0) is 6.54 Å². The van der Waals surface area contributed by atoms with Crippen LogP contribution in [0, 0.1) is 5.82 Å². The third kappa shape index (κ3) is 2.11. The SMILES string of the molecule is NCc1c(F)cccc1Oc1nncs1. The Morgan fingerprint density at radius 1 is 1.47 bits per heavy atom. The van der Waals surface area contributed by atoms with Gasteiger partial charge in [0.15, 0.2) is 0 Å². The molecule has 0 saturated carbocycles. The zero-order valence-corrected chi connectivity index (χ0v) is 8.50. The van der Waals surface area contributed by atoms with E-state index in [1.54, 1.807) is 12.1 Å². The van der Waals surface area contributed by atoms with Crippen LogP contribution in [0.25, 0.3) is 0 Å². The summed E-state index contributed by atoms with van der Waals surface area (Å²) in [7, 11) is 0. The first-order valence-electron chi connectivity index (χ1n) is 4.22. The molecule has 0 unspecified atom stereocenters. The monoisotopic (exact) mass is 225 g/mol. The van der Waals surface area contributed by atoms with Gasteiger partial charge in [0.25, 0.3) is 5.19 Å². The van der Waals surface area contributed by atoms with Gasteiger partial charge in [0, 0.05) is 12.1 Å². The third-order valence-corrected chi connectivity index (χ3v) is 2.38. The molecule has 15 heavy (non-hydrogen) atoms. The number of ether oxygens (including phenoxy) is 1. The maximum atomic E-state index is 13.3. The minimum atomic E-state index is -0.375. The van der Waals surface area contributed by atoms with Crippen molar-refractivity contribution in [2.45, 2.75) is 6.54 Å². The second kappa shape index (κ2) is 4.33. The lowest BCUT2D eigenvalue weighted by molar-refractivity contribution is 0.459. The van der Waals surface area contributed by atoms with E-state index in [-0.39, 0.29) is 12.4 Å². The van der Waals surface area contributed by atoms with Crippen LogP contribution in [0.5, 0.6) is 10.9 Å². The standard InChI is InChI=1S/C9H8FN3OS/c10-7-2-1-3-8(6(7)4-11)14-9-13-12-5-15-9/h1-3,5H,4,11H2. The van der Waals surface area contributed by atoms with Gasteiger partial charge in [0.2, 0.25) is 0 Å². The van der Waals surface area contributed by atoms with Gasteiger partial charge in [-0.05, 0) is 12.1 Å². The summed E-state index contributed by atoms with van der Waals surface area (Å²) in [4.78, 5) is 0. The Hall–Kier alpha value is -1.53. The van der Waals surface area contributed by atoms with Gasteiger partial charge in [-0.1, -0.05) is 22.5 Å². The molecule has 0 saturated heterocycles. The fraction of sp³-hybridized carbons (Fsp3) is 0.111. The van der Waals surface area contributed by atoms with Crippen LogP contribution in [0.1, 0.15) is 5.56 Å². The van der Waals surface area contributed by atoms with Crippen LogP contribution in [0.3, 0.4) is 0 Å². The van der Waals surface area contributed by atoms with Gasteiger partial charge in [0.05, 0.1) is 0 Å². The first-order valence-corrected chi connectivity index (χ1v) is 5.10. The summed E-state index contributed by atoms with van der Waals surface area (Å²) in [5.41, 5.74) is 7.31. The van der Waals surface area contributed by atoms with E-state index in [2.05, 4.69) is 10.2 Å². The number of aromatic nitrogens is 2. The highest BCUT2D eigenvalue weighted by molar-refractivity contribution is 7.11. The lowest BCUT2D eigenvalue weighted by atomic mass is 10.2. The summed E-state index contributed by atoms with van der Waals surface area (Å²) in [5.74, 6) is 0.00812. The minimum absolute atomic E-state index is 0.0841. The highest BCUT2D eigenvalue weighted by Crippen LogP contribution is 2.27. The maximum absolute atomic E-state index is 13.3. The molecule has 0 spiro atoms. The predicted octanol–water partition coefficient (Wildman–Crippen LogP) is 1.93. The van der Waals surface area contributed by atoms with E-state index in [9.17, 15) is 4.39 Å². The van der Waals surface area contributed by atoms with Crippen LogP contribution in [-0.4, -0.2) is 10.2 Å². The molecule has 6 heteroatoms. The van der Waals surface area contributed by atoms with Crippen LogP contribution < -0.4 is 10.5 Å². The van der Waals surface area contributed by atoms with Crippen molar-refractivity contribution in [3.05, 3.63) is 35.1 Å². The lowest BCUT2D eigenvalue weighted by Gasteiger charge is -2.07. The van der Waals surface area contributed by atoms with Gasteiger partial charge in [-0.15, -0.1) is 5.10 Å². The van der Waals surface area contributed by atoms with Crippen molar-refractivity contribution in [1.29, 1.82) is 0 Å². The quantitative estimate of drug-likeness (QED) is 0.867. The fourth-order valence-electron chi connectivity index (χ4n) is 1.13. The van der Waals surface area contributed by atoms with E-state index in [0.717, 1.165) is 0 Å². The Bertz CT molecular complexity index is 447.